The third-order valence-electron chi connectivity index (χ3n) is 5.16. The normalized spacial score (nSPS) is 10.5. The number of rotatable bonds is 9. The Balaban J connectivity index is 1.35. The Morgan fingerprint density at radius 3 is 1.56 bits per heavy atom. The Morgan fingerprint density at radius 1 is 0.538 bits per heavy atom. The number of hydrogen-bond acceptors (Lipinski definition) is 11. The van der Waals surface area contributed by atoms with Crippen LogP contribution in [0.3, 0.4) is 0 Å². The van der Waals surface area contributed by atoms with E-state index < -0.39 is 9.85 Å². The van der Waals surface area contributed by atoms with Crippen LogP contribution >= 0.6 is 0 Å². The molecule has 2 aromatic heterocycles. The molecule has 39 heavy (non-hydrogen) atoms. The van der Waals surface area contributed by atoms with Gasteiger partial charge in [-0.2, -0.15) is 0 Å². The van der Waals surface area contributed by atoms with Crippen LogP contribution in [-0.4, -0.2) is 30.2 Å². The van der Waals surface area contributed by atoms with Crippen LogP contribution in [0.15, 0.2) is 97.1 Å². The molecule has 0 radical (unpaired) electrons. The zero-order valence-corrected chi connectivity index (χ0v) is 19.8. The van der Waals surface area contributed by atoms with Crippen LogP contribution in [0.4, 0.5) is 11.6 Å². The Morgan fingerprint density at radius 2 is 1.05 bits per heavy atom. The van der Waals surface area contributed by atoms with Gasteiger partial charge in [0.05, 0.1) is 10.2 Å². The largest absolute Gasteiger partial charge is 0.457 e. The second-order valence-corrected chi connectivity index (χ2v) is 7.78. The van der Waals surface area contributed by atoms with Crippen LogP contribution in [0.1, 0.15) is 0 Å². The van der Waals surface area contributed by atoms with Crippen LogP contribution in [0.25, 0.3) is 11.1 Å². The summed E-state index contributed by atoms with van der Waals surface area (Å²) < 4.78 is 17.5. The van der Waals surface area contributed by atoms with E-state index in [1.165, 1.54) is 24.3 Å². The molecule has 0 atom stereocenters. The molecular formula is C26H16N6O7. The first-order valence-electron chi connectivity index (χ1n) is 11.2. The fourth-order valence-electron chi connectivity index (χ4n) is 3.38. The van der Waals surface area contributed by atoms with Gasteiger partial charge < -0.3 is 34.4 Å². The van der Waals surface area contributed by atoms with Gasteiger partial charge in [-0.15, -0.1) is 0 Å². The topological polar surface area (TPSA) is 166 Å². The van der Waals surface area contributed by atoms with Crippen molar-refractivity contribution in [1.29, 1.82) is 0 Å². The predicted molar refractivity (Wildman–Crippen MR) is 136 cm³/mol. The summed E-state index contributed by atoms with van der Waals surface area (Å²) in [6.45, 7) is 0. The average Bonchev–Trinajstić information content (AvgIpc) is 2.96. The molecule has 0 bridgehead atoms. The first kappa shape index (κ1) is 24.7. The molecule has 0 spiro atoms. The highest BCUT2D eigenvalue weighted by Crippen LogP contribution is 2.37. The molecule has 3 aromatic carbocycles. The Kier molecular flexibility index (Phi) is 6.94. The van der Waals surface area contributed by atoms with Gasteiger partial charge in [-0.05, 0) is 57.9 Å². The summed E-state index contributed by atoms with van der Waals surface area (Å²) in [5.41, 5.74) is 1.59. The van der Waals surface area contributed by atoms with Crippen molar-refractivity contribution in [3.8, 4) is 45.9 Å². The molecule has 0 fully saturated rings. The summed E-state index contributed by atoms with van der Waals surface area (Å²) in [6.07, 6.45) is 0. The van der Waals surface area contributed by atoms with E-state index in [2.05, 4.69) is 20.4 Å². The van der Waals surface area contributed by atoms with Gasteiger partial charge in [-0.3, -0.25) is 0 Å². The molecule has 5 rings (SSSR count). The molecule has 13 heteroatoms. The van der Waals surface area contributed by atoms with E-state index >= 15 is 0 Å². The monoisotopic (exact) mass is 524 g/mol. The minimum atomic E-state index is -0.644. The number of nitrogens with zero attached hydrogens (tertiary/aromatic N) is 6. The third-order valence-corrected chi connectivity index (χ3v) is 5.16. The summed E-state index contributed by atoms with van der Waals surface area (Å²) in [5.74, 6) is 1.36. The van der Waals surface area contributed by atoms with Crippen LogP contribution in [0.5, 0.6) is 34.8 Å². The average molecular weight is 524 g/mol. The van der Waals surface area contributed by atoms with Crippen molar-refractivity contribution in [1.82, 2.24) is 20.4 Å². The summed E-state index contributed by atoms with van der Waals surface area (Å²) in [6, 6.07) is 26.5. The third kappa shape index (κ3) is 6.06. The van der Waals surface area contributed by atoms with Gasteiger partial charge in [0.15, 0.2) is 0 Å². The Labute approximate surface area is 219 Å². The van der Waals surface area contributed by atoms with Crippen molar-refractivity contribution >= 4 is 11.6 Å². The fraction of sp³-hybridized carbons (Fsp3) is 0. The summed E-state index contributed by atoms with van der Waals surface area (Å²) >= 11 is 0. The zero-order chi connectivity index (χ0) is 27.2. The van der Waals surface area contributed by atoms with Gasteiger partial charge in [0.1, 0.15) is 23.0 Å². The molecule has 0 unspecified atom stereocenters. The standard InChI is InChI=1S/C26H16N6O7/c33-31(34)23-12-14-25(29-27-23)38-19-8-6-18(7-9-19)37-22-11-10-20(16-21(22)17-4-2-1-3-5-17)39-26-15-13-24(28-30-26)32(35)36/h1-16H. The SMILES string of the molecule is O=[N+]([O-])c1ccc(Oc2ccc(Oc3ccc(Oc4ccc([N+](=O)[O-])nn4)cc3-c3ccccc3)cc2)nn1. The molecular weight excluding hydrogens is 508 g/mol. The lowest BCUT2D eigenvalue weighted by Crippen LogP contribution is -1.96. The van der Waals surface area contributed by atoms with Gasteiger partial charge in [0, 0.05) is 40.0 Å². The van der Waals surface area contributed by atoms with Crippen LogP contribution in [-0.2, 0) is 0 Å². The van der Waals surface area contributed by atoms with Crippen molar-refractivity contribution in [3.63, 3.8) is 0 Å². The van der Waals surface area contributed by atoms with E-state index in [1.807, 2.05) is 30.3 Å². The van der Waals surface area contributed by atoms with Gasteiger partial charge in [0.25, 0.3) is 11.8 Å². The zero-order valence-electron chi connectivity index (χ0n) is 19.8. The van der Waals surface area contributed by atoms with E-state index in [9.17, 15) is 20.2 Å². The second-order valence-electron chi connectivity index (χ2n) is 7.78. The van der Waals surface area contributed by atoms with Crippen molar-refractivity contribution in [2.24, 2.45) is 0 Å². The molecule has 0 N–H and O–H groups in total. The van der Waals surface area contributed by atoms with Crippen LogP contribution in [0.2, 0.25) is 0 Å². The summed E-state index contributed by atoms with van der Waals surface area (Å²) in [4.78, 5) is 20.2. The molecule has 0 saturated heterocycles. The fourth-order valence-corrected chi connectivity index (χ4v) is 3.38. The molecule has 0 aliphatic rings. The highest BCUT2D eigenvalue weighted by atomic mass is 16.6. The highest BCUT2D eigenvalue weighted by Gasteiger charge is 2.14. The number of benzene rings is 3. The minimum absolute atomic E-state index is 0.0987. The van der Waals surface area contributed by atoms with Gasteiger partial charge in [-0.25, -0.2) is 0 Å². The molecule has 0 aliphatic carbocycles. The van der Waals surface area contributed by atoms with Crippen LogP contribution in [0, 0.1) is 20.2 Å². The van der Waals surface area contributed by atoms with Crippen molar-refractivity contribution in [2.75, 3.05) is 0 Å². The van der Waals surface area contributed by atoms with Gasteiger partial charge >= 0.3 is 11.6 Å². The van der Waals surface area contributed by atoms with Crippen LogP contribution < -0.4 is 14.2 Å². The summed E-state index contributed by atoms with van der Waals surface area (Å²) in [5, 5.41) is 36.0. The van der Waals surface area contributed by atoms with E-state index in [0.717, 1.165) is 11.1 Å². The second kappa shape index (κ2) is 11.0. The molecule has 0 amide bonds. The predicted octanol–water partition coefficient (Wildman–Crippen LogP) is 6.13. The lowest BCUT2D eigenvalue weighted by atomic mass is 10.0. The molecule has 13 nitrogen and oxygen atoms in total. The summed E-state index contributed by atoms with van der Waals surface area (Å²) in [7, 11) is 0. The minimum Gasteiger partial charge on any atom is -0.457 e. The van der Waals surface area contributed by atoms with E-state index in [0.29, 0.717) is 23.0 Å². The Hall–Kier alpha value is -5.98. The lowest BCUT2D eigenvalue weighted by Gasteiger charge is -2.14. The molecule has 192 valence electrons. The molecule has 0 saturated carbocycles. The van der Waals surface area contributed by atoms with E-state index in [4.69, 9.17) is 14.2 Å². The first-order valence-corrected chi connectivity index (χ1v) is 11.2. The Bertz CT molecular complexity index is 1610. The molecule has 0 aliphatic heterocycles. The molecule has 5 aromatic rings. The number of hydrogen-bond donors (Lipinski definition) is 0. The number of ether oxygens (including phenoxy) is 3. The number of aromatic nitrogens is 4. The van der Waals surface area contributed by atoms with Crippen molar-refractivity contribution in [2.45, 2.75) is 0 Å². The maximum absolute atomic E-state index is 10.8. The first-order chi connectivity index (χ1) is 18.9. The maximum atomic E-state index is 10.8. The van der Waals surface area contributed by atoms with Crippen molar-refractivity contribution in [3.05, 3.63) is 117 Å². The highest BCUT2D eigenvalue weighted by molar-refractivity contribution is 5.72. The van der Waals surface area contributed by atoms with E-state index in [1.54, 1.807) is 42.5 Å². The smallest absolute Gasteiger partial charge is 0.390 e. The van der Waals surface area contributed by atoms with Gasteiger partial charge in [0.2, 0.25) is 0 Å². The van der Waals surface area contributed by atoms with Crippen molar-refractivity contribution < 1.29 is 24.1 Å². The molecule has 2 heterocycles. The van der Waals surface area contributed by atoms with E-state index in [-0.39, 0.29) is 23.4 Å². The van der Waals surface area contributed by atoms with Gasteiger partial charge in [-0.1, -0.05) is 30.3 Å². The quantitative estimate of drug-likeness (QED) is 0.161. The number of nitro groups is 2. The lowest BCUT2D eigenvalue weighted by molar-refractivity contribution is -0.390. The maximum Gasteiger partial charge on any atom is 0.390 e.